The van der Waals surface area contributed by atoms with Gasteiger partial charge in [-0.1, -0.05) is 62.4 Å². The lowest BCUT2D eigenvalue weighted by Crippen LogP contribution is -2.49. The molecule has 0 radical (unpaired) electrons. The number of hydrogen-bond donors (Lipinski definition) is 1. The van der Waals surface area contributed by atoms with E-state index in [2.05, 4.69) is 10.3 Å². The number of carbonyl (C=O) groups excluding carboxylic acids is 2. The van der Waals surface area contributed by atoms with Gasteiger partial charge in [-0.2, -0.15) is 0 Å². The summed E-state index contributed by atoms with van der Waals surface area (Å²) < 4.78 is 14.8. The van der Waals surface area contributed by atoms with Gasteiger partial charge in [-0.25, -0.2) is 9.38 Å². The van der Waals surface area contributed by atoms with Gasteiger partial charge in [0.05, 0.1) is 11.4 Å². The van der Waals surface area contributed by atoms with E-state index in [1.165, 1.54) is 38.2 Å². The van der Waals surface area contributed by atoms with E-state index >= 15 is 0 Å². The van der Waals surface area contributed by atoms with Crippen molar-refractivity contribution < 1.29 is 14.0 Å². The summed E-state index contributed by atoms with van der Waals surface area (Å²) in [5.74, 6) is -0.345. The van der Waals surface area contributed by atoms with Crippen molar-refractivity contribution >= 4 is 23.2 Å². The monoisotopic (exact) mass is 449 g/mol. The Morgan fingerprint density at radius 2 is 1.73 bits per heavy atom. The van der Waals surface area contributed by atoms with Crippen LogP contribution in [-0.2, 0) is 9.59 Å². The average Bonchev–Trinajstić information content (AvgIpc) is 2.93. The Balaban J connectivity index is 1.67. The van der Waals surface area contributed by atoms with Crippen LogP contribution in [0.25, 0.3) is 0 Å². The van der Waals surface area contributed by atoms with E-state index in [0.717, 1.165) is 6.42 Å². The molecule has 0 aromatic heterocycles. The van der Waals surface area contributed by atoms with Gasteiger partial charge in [-0.05, 0) is 44.4 Å². The molecule has 2 aromatic carbocycles. The number of anilines is 1. The molecular weight excluding hydrogens is 417 g/mol. The highest BCUT2D eigenvalue weighted by Crippen LogP contribution is 2.31. The molecule has 1 saturated carbocycles. The van der Waals surface area contributed by atoms with Crippen LogP contribution in [0.1, 0.15) is 69.9 Å². The number of nitrogens with one attached hydrogen (secondary N) is 1. The zero-order valence-corrected chi connectivity index (χ0v) is 19.4. The van der Waals surface area contributed by atoms with Crippen molar-refractivity contribution in [2.45, 2.75) is 71.0 Å². The van der Waals surface area contributed by atoms with Crippen LogP contribution in [-0.4, -0.2) is 29.7 Å². The Labute approximate surface area is 195 Å². The molecule has 1 aliphatic heterocycles. The first-order valence-electron chi connectivity index (χ1n) is 12.0. The predicted octanol–water partition coefficient (Wildman–Crippen LogP) is 5.22. The van der Waals surface area contributed by atoms with Gasteiger partial charge >= 0.3 is 0 Å². The lowest BCUT2D eigenvalue weighted by atomic mass is 9.86. The van der Waals surface area contributed by atoms with Gasteiger partial charge in [0.15, 0.2) is 0 Å². The number of para-hydroxylation sites is 1. The third-order valence-corrected chi connectivity index (χ3v) is 6.60. The second kappa shape index (κ2) is 10.3. The maximum absolute atomic E-state index is 14.8. The van der Waals surface area contributed by atoms with Gasteiger partial charge in [0.2, 0.25) is 12.1 Å². The third-order valence-electron chi connectivity index (χ3n) is 6.60. The van der Waals surface area contributed by atoms with Crippen molar-refractivity contribution in [2.75, 3.05) is 4.90 Å². The predicted molar refractivity (Wildman–Crippen MR) is 129 cm³/mol. The molecular formula is C27H32FN3O2. The fraction of sp³-hybridized carbons (Fsp3) is 0.444. The Morgan fingerprint density at radius 3 is 2.42 bits per heavy atom. The largest absolute Gasteiger partial charge is 0.327 e. The number of nitrogens with zero attached hydrogens (tertiary/aromatic N) is 2. The van der Waals surface area contributed by atoms with Crippen molar-refractivity contribution in [3.8, 4) is 0 Å². The summed E-state index contributed by atoms with van der Waals surface area (Å²) >= 11 is 0. The van der Waals surface area contributed by atoms with Crippen LogP contribution < -0.4 is 10.2 Å². The highest BCUT2D eigenvalue weighted by molar-refractivity contribution is 6.20. The maximum atomic E-state index is 14.8. The smallest absolute Gasteiger partial charge is 0.272 e. The number of aliphatic imine (C=N–C) groups is 1. The van der Waals surface area contributed by atoms with Crippen LogP contribution in [0.4, 0.5) is 10.1 Å². The quantitative estimate of drug-likeness (QED) is 0.657. The number of benzodiazepines with no additional fused rings is 1. The van der Waals surface area contributed by atoms with Crippen molar-refractivity contribution in [3.05, 3.63) is 65.5 Å². The number of benzene rings is 2. The molecule has 1 fully saturated rings. The number of rotatable bonds is 6. The van der Waals surface area contributed by atoms with Crippen LogP contribution >= 0.6 is 0 Å². The van der Waals surface area contributed by atoms with E-state index in [9.17, 15) is 14.0 Å². The van der Waals surface area contributed by atoms with Crippen LogP contribution in [0.3, 0.4) is 0 Å². The average molecular weight is 450 g/mol. The lowest BCUT2D eigenvalue weighted by molar-refractivity contribution is -0.127. The molecule has 1 aliphatic carbocycles. The van der Waals surface area contributed by atoms with Gasteiger partial charge in [-0.15, -0.1) is 0 Å². The fourth-order valence-corrected chi connectivity index (χ4v) is 4.92. The first-order chi connectivity index (χ1) is 16.0. The minimum absolute atomic E-state index is 0.157. The Kier molecular flexibility index (Phi) is 7.21. The summed E-state index contributed by atoms with van der Waals surface area (Å²) in [7, 11) is 0. The summed E-state index contributed by atoms with van der Waals surface area (Å²) in [6.45, 7) is 3.84. The topological polar surface area (TPSA) is 61.8 Å². The molecule has 2 aromatic rings. The molecule has 1 unspecified atom stereocenters. The first kappa shape index (κ1) is 23.1. The van der Waals surface area contributed by atoms with E-state index in [-0.39, 0.29) is 17.9 Å². The maximum Gasteiger partial charge on any atom is 0.272 e. The van der Waals surface area contributed by atoms with Gasteiger partial charge in [0.25, 0.3) is 5.91 Å². The van der Waals surface area contributed by atoms with Gasteiger partial charge in [0, 0.05) is 23.6 Å². The van der Waals surface area contributed by atoms with Crippen molar-refractivity contribution in [3.63, 3.8) is 0 Å². The van der Waals surface area contributed by atoms with Gasteiger partial charge < -0.3 is 10.2 Å². The van der Waals surface area contributed by atoms with E-state index < -0.39 is 12.0 Å². The SMILES string of the molecule is CC(C)N1C(=O)C(NC(=O)CCC2CCCCC2)N=C(c2ccccc2F)c2ccccc21. The second-order valence-electron chi connectivity index (χ2n) is 9.29. The molecule has 2 amide bonds. The first-order valence-corrected chi connectivity index (χ1v) is 12.0. The number of fused-ring (bicyclic) bond motifs is 1. The number of hydrogen-bond acceptors (Lipinski definition) is 3. The zero-order chi connectivity index (χ0) is 23.4. The normalized spacial score (nSPS) is 19.2. The molecule has 2 aliphatic rings. The molecule has 1 N–H and O–H groups in total. The molecule has 0 spiro atoms. The minimum Gasteiger partial charge on any atom is -0.327 e. The van der Waals surface area contributed by atoms with E-state index in [4.69, 9.17) is 0 Å². The highest BCUT2D eigenvalue weighted by Gasteiger charge is 2.34. The zero-order valence-electron chi connectivity index (χ0n) is 19.4. The molecule has 6 heteroatoms. The van der Waals surface area contributed by atoms with Crippen molar-refractivity contribution in [1.29, 1.82) is 0 Å². The number of amides is 2. The molecule has 174 valence electrons. The summed E-state index contributed by atoms with van der Waals surface area (Å²) in [6.07, 6.45) is 6.16. The Hall–Kier alpha value is -3.02. The van der Waals surface area contributed by atoms with Gasteiger partial charge in [0.1, 0.15) is 5.82 Å². The Morgan fingerprint density at radius 1 is 1.06 bits per heavy atom. The summed E-state index contributed by atoms with van der Waals surface area (Å²) in [5.41, 5.74) is 2.02. The standard InChI is InChI=1S/C27H32FN3O2/c1-18(2)31-23-15-9-7-13-21(23)25(20-12-6-8-14-22(20)28)30-26(27(31)33)29-24(32)17-16-19-10-4-3-5-11-19/h6-9,12-15,18-19,26H,3-5,10-11,16-17H2,1-2H3,(H,29,32). The summed E-state index contributed by atoms with van der Waals surface area (Å²) in [4.78, 5) is 32.7. The molecule has 4 rings (SSSR count). The van der Waals surface area contributed by atoms with Crippen molar-refractivity contribution in [1.82, 2.24) is 5.32 Å². The van der Waals surface area contributed by atoms with E-state index in [1.807, 2.05) is 38.1 Å². The fourth-order valence-electron chi connectivity index (χ4n) is 4.92. The summed E-state index contributed by atoms with van der Waals surface area (Å²) in [6, 6.07) is 13.6. The molecule has 1 atom stereocenters. The highest BCUT2D eigenvalue weighted by atomic mass is 19.1. The van der Waals surface area contributed by atoms with Gasteiger partial charge in [-0.3, -0.25) is 9.59 Å². The van der Waals surface area contributed by atoms with E-state index in [1.54, 1.807) is 23.1 Å². The van der Waals surface area contributed by atoms with E-state index in [0.29, 0.717) is 34.9 Å². The van der Waals surface area contributed by atoms with Crippen LogP contribution in [0.5, 0.6) is 0 Å². The number of carbonyl (C=O) groups is 2. The van der Waals surface area contributed by atoms with Crippen LogP contribution in [0.2, 0.25) is 0 Å². The molecule has 33 heavy (non-hydrogen) atoms. The van der Waals surface area contributed by atoms with Crippen LogP contribution in [0.15, 0.2) is 53.5 Å². The second-order valence-corrected chi connectivity index (χ2v) is 9.29. The van der Waals surface area contributed by atoms with Crippen LogP contribution in [0, 0.1) is 11.7 Å². The number of halogens is 1. The molecule has 0 saturated heterocycles. The molecule has 0 bridgehead atoms. The minimum atomic E-state index is -1.10. The lowest BCUT2D eigenvalue weighted by Gasteiger charge is -2.29. The summed E-state index contributed by atoms with van der Waals surface area (Å²) in [5, 5.41) is 2.85. The Bertz CT molecular complexity index is 1040. The van der Waals surface area contributed by atoms with Crippen molar-refractivity contribution in [2.24, 2.45) is 10.9 Å². The molecule has 1 heterocycles. The third kappa shape index (κ3) is 5.15. The molecule has 5 nitrogen and oxygen atoms in total.